The number of carboxylic acids is 1. The molecule has 2 aliphatic heterocycles. The van der Waals surface area contributed by atoms with Crippen LogP contribution in [0.25, 0.3) is 0 Å². The van der Waals surface area contributed by atoms with Crippen LogP contribution in [0.2, 0.25) is 0 Å². The summed E-state index contributed by atoms with van der Waals surface area (Å²) in [5.74, 6) is 0.156. The van der Waals surface area contributed by atoms with Crippen molar-refractivity contribution in [2.24, 2.45) is 11.7 Å². The van der Waals surface area contributed by atoms with Gasteiger partial charge in [0.1, 0.15) is 0 Å². The predicted molar refractivity (Wildman–Crippen MR) is 79.0 cm³/mol. The molecule has 3 N–H and O–H groups in total. The summed E-state index contributed by atoms with van der Waals surface area (Å²) in [6.07, 6.45) is 1.16. The summed E-state index contributed by atoms with van der Waals surface area (Å²) in [5, 5.41) is 8.96. The minimum atomic E-state index is -0.882. The van der Waals surface area contributed by atoms with Crippen LogP contribution < -0.4 is 5.73 Å². The van der Waals surface area contributed by atoms with Gasteiger partial charge in [-0.2, -0.15) is 11.8 Å². The van der Waals surface area contributed by atoms with E-state index in [1.54, 1.807) is 21.6 Å². The molecule has 0 bridgehead atoms. The van der Waals surface area contributed by atoms with Crippen LogP contribution in [-0.4, -0.2) is 70.0 Å². The van der Waals surface area contributed by atoms with Gasteiger partial charge >= 0.3 is 12.0 Å². The standard InChI is InChI=1S/C13H21N3O4S/c14-12(19)9-1-3-15(4-2-9)13(20)16-5-6-21-8-10(16)7-11(17)18/h9-10H,1-8H2,(H2,14,19)(H,17,18). The average Bonchev–Trinajstić information content (AvgIpc) is 2.46. The number of nitrogens with two attached hydrogens (primary N) is 1. The van der Waals surface area contributed by atoms with E-state index in [4.69, 9.17) is 10.8 Å². The lowest BCUT2D eigenvalue weighted by Crippen LogP contribution is -2.54. The third-order valence-electron chi connectivity index (χ3n) is 4.05. The molecule has 0 aromatic rings. The first-order chi connectivity index (χ1) is 9.99. The van der Waals surface area contributed by atoms with Crippen molar-refractivity contribution in [3.63, 3.8) is 0 Å². The number of carbonyl (C=O) groups excluding carboxylic acids is 2. The largest absolute Gasteiger partial charge is 0.481 e. The van der Waals surface area contributed by atoms with Crippen LogP contribution in [0.3, 0.4) is 0 Å². The Morgan fingerprint density at radius 2 is 1.86 bits per heavy atom. The quantitative estimate of drug-likeness (QED) is 0.774. The molecule has 0 aromatic carbocycles. The lowest BCUT2D eigenvalue weighted by molar-refractivity contribution is -0.138. The number of rotatable bonds is 3. The highest BCUT2D eigenvalue weighted by molar-refractivity contribution is 7.99. The maximum absolute atomic E-state index is 12.6. The molecule has 2 fully saturated rings. The maximum atomic E-state index is 12.6. The highest BCUT2D eigenvalue weighted by Crippen LogP contribution is 2.23. The Morgan fingerprint density at radius 1 is 1.19 bits per heavy atom. The first-order valence-corrected chi connectivity index (χ1v) is 8.29. The minimum absolute atomic E-state index is 0.0174. The molecular weight excluding hydrogens is 294 g/mol. The number of primary amides is 1. The number of carbonyl (C=O) groups is 3. The summed E-state index contributed by atoms with van der Waals surface area (Å²) >= 11 is 1.68. The van der Waals surface area contributed by atoms with Crippen LogP contribution in [-0.2, 0) is 9.59 Å². The minimum Gasteiger partial charge on any atom is -0.481 e. The summed E-state index contributed by atoms with van der Waals surface area (Å²) in [6.45, 7) is 1.60. The molecular formula is C13H21N3O4S. The number of likely N-dealkylation sites (tertiary alicyclic amines) is 1. The van der Waals surface area contributed by atoms with E-state index in [2.05, 4.69) is 0 Å². The Labute approximate surface area is 127 Å². The fourth-order valence-corrected chi connectivity index (χ4v) is 3.88. The van der Waals surface area contributed by atoms with Gasteiger partial charge in [-0.05, 0) is 12.8 Å². The van der Waals surface area contributed by atoms with E-state index in [-0.39, 0.29) is 30.3 Å². The monoisotopic (exact) mass is 315 g/mol. The number of aliphatic carboxylic acids is 1. The second-order valence-corrected chi connectivity index (χ2v) is 6.62. The molecule has 0 spiro atoms. The summed E-state index contributed by atoms with van der Waals surface area (Å²) < 4.78 is 0. The zero-order valence-corrected chi connectivity index (χ0v) is 12.7. The van der Waals surface area contributed by atoms with Crippen LogP contribution >= 0.6 is 11.8 Å². The molecule has 7 nitrogen and oxygen atoms in total. The molecule has 118 valence electrons. The van der Waals surface area contributed by atoms with Gasteiger partial charge in [-0.15, -0.1) is 0 Å². The zero-order chi connectivity index (χ0) is 15.4. The molecule has 0 aromatic heterocycles. The average molecular weight is 315 g/mol. The van der Waals surface area contributed by atoms with Crippen LogP contribution in [0.1, 0.15) is 19.3 Å². The SMILES string of the molecule is NC(=O)C1CCN(C(=O)N2CCSCC2CC(=O)O)CC1. The number of thioether (sulfide) groups is 1. The third kappa shape index (κ3) is 4.03. The van der Waals surface area contributed by atoms with Gasteiger partial charge in [0.05, 0.1) is 12.5 Å². The van der Waals surface area contributed by atoms with Crippen LogP contribution in [0.15, 0.2) is 0 Å². The Morgan fingerprint density at radius 3 is 2.43 bits per heavy atom. The summed E-state index contributed by atoms with van der Waals surface area (Å²) in [5.41, 5.74) is 5.29. The van der Waals surface area contributed by atoms with E-state index < -0.39 is 5.97 Å². The van der Waals surface area contributed by atoms with Gasteiger partial charge in [0.2, 0.25) is 5.91 Å². The smallest absolute Gasteiger partial charge is 0.320 e. The summed E-state index contributed by atoms with van der Waals surface area (Å²) in [6, 6.07) is -0.355. The van der Waals surface area contributed by atoms with Crippen molar-refractivity contribution in [1.29, 1.82) is 0 Å². The Bertz CT molecular complexity index is 424. The van der Waals surface area contributed by atoms with Crippen LogP contribution in [0.5, 0.6) is 0 Å². The fourth-order valence-electron chi connectivity index (χ4n) is 2.81. The second-order valence-electron chi connectivity index (χ2n) is 5.47. The Balaban J connectivity index is 1.94. The summed E-state index contributed by atoms with van der Waals surface area (Å²) in [4.78, 5) is 38.0. The number of hydrogen-bond acceptors (Lipinski definition) is 4. The molecule has 1 unspecified atom stereocenters. The fraction of sp³-hybridized carbons (Fsp3) is 0.769. The van der Waals surface area contributed by atoms with E-state index in [0.29, 0.717) is 38.2 Å². The van der Waals surface area contributed by atoms with Crippen molar-refractivity contribution in [3.8, 4) is 0 Å². The van der Waals surface area contributed by atoms with E-state index in [1.165, 1.54) is 0 Å². The third-order valence-corrected chi connectivity index (χ3v) is 5.14. The highest BCUT2D eigenvalue weighted by Gasteiger charge is 2.34. The molecule has 0 saturated carbocycles. The number of piperidine rings is 1. The van der Waals surface area contributed by atoms with Crippen molar-refractivity contribution in [3.05, 3.63) is 0 Å². The molecule has 2 rings (SSSR count). The van der Waals surface area contributed by atoms with E-state index in [9.17, 15) is 14.4 Å². The van der Waals surface area contributed by atoms with Crippen molar-refractivity contribution in [1.82, 2.24) is 9.80 Å². The van der Waals surface area contributed by atoms with Gasteiger partial charge in [-0.3, -0.25) is 9.59 Å². The van der Waals surface area contributed by atoms with Gasteiger partial charge in [-0.1, -0.05) is 0 Å². The van der Waals surface area contributed by atoms with E-state index in [0.717, 1.165) is 5.75 Å². The molecule has 8 heteroatoms. The molecule has 2 saturated heterocycles. The topological polar surface area (TPSA) is 104 Å². The zero-order valence-electron chi connectivity index (χ0n) is 11.9. The van der Waals surface area contributed by atoms with Gasteiger partial charge in [-0.25, -0.2) is 4.79 Å². The molecule has 2 heterocycles. The van der Waals surface area contributed by atoms with Crippen LogP contribution in [0, 0.1) is 5.92 Å². The molecule has 21 heavy (non-hydrogen) atoms. The molecule has 1 atom stereocenters. The number of nitrogens with zero attached hydrogens (tertiary/aromatic N) is 2. The molecule has 0 aliphatic carbocycles. The molecule has 3 amide bonds. The van der Waals surface area contributed by atoms with E-state index >= 15 is 0 Å². The predicted octanol–water partition coefficient (Wildman–Crippen LogP) is 0.196. The van der Waals surface area contributed by atoms with Crippen LogP contribution in [0.4, 0.5) is 4.79 Å². The van der Waals surface area contributed by atoms with Crippen molar-refractivity contribution < 1.29 is 19.5 Å². The van der Waals surface area contributed by atoms with Gasteiger partial charge < -0.3 is 20.6 Å². The first kappa shape index (κ1) is 15.9. The number of hydrogen-bond donors (Lipinski definition) is 2. The molecule has 0 radical (unpaired) electrons. The lowest BCUT2D eigenvalue weighted by atomic mass is 9.96. The number of urea groups is 1. The number of carboxylic acid groups (broad SMARTS) is 1. The second kappa shape index (κ2) is 7.02. The van der Waals surface area contributed by atoms with Crippen molar-refractivity contribution in [2.75, 3.05) is 31.1 Å². The normalized spacial score (nSPS) is 23.9. The first-order valence-electron chi connectivity index (χ1n) is 7.13. The van der Waals surface area contributed by atoms with Crippen molar-refractivity contribution in [2.45, 2.75) is 25.3 Å². The Hall–Kier alpha value is -1.44. The lowest BCUT2D eigenvalue weighted by Gasteiger charge is -2.40. The maximum Gasteiger partial charge on any atom is 0.320 e. The highest BCUT2D eigenvalue weighted by atomic mass is 32.2. The van der Waals surface area contributed by atoms with Crippen molar-refractivity contribution >= 4 is 29.7 Å². The van der Waals surface area contributed by atoms with Gasteiger partial charge in [0.15, 0.2) is 0 Å². The van der Waals surface area contributed by atoms with Gasteiger partial charge in [0, 0.05) is 37.1 Å². The van der Waals surface area contributed by atoms with E-state index in [1.807, 2.05) is 0 Å². The Kier molecular flexibility index (Phi) is 5.33. The summed E-state index contributed by atoms with van der Waals surface area (Å²) in [7, 11) is 0. The van der Waals surface area contributed by atoms with Gasteiger partial charge in [0.25, 0.3) is 0 Å². The number of amides is 3. The molecule has 2 aliphatic rings.